The largest absolute Gasteiger partial charge is 0.352 e. The molecule has 0 aliphatic rings. The Morgan fingerprint density at radius 3 is 2.45 bits per heavy atom. The fourth-order valence-corrected chi connectivity index (χ4v) is 2.97. The summed E-state index contributed by atoms with van der Waals surface area (Å²) in [6.07, 6.45) is 0.153. The summed E-state index contributed by atoms with van der Waals surface area (Å²) in [5.41, 5.74) is 6.22. The lowest BCUT2D eigenvalue weighted by molar-refractivity contribution is -0.122. The van der Waals surface area contributed by atoms with Gasteiger partial charge < -0.3 is 16.4 Å². The Hall–Kier alpha value is -2.34. The molecule has 0 aliphatic heterocycles. The molecule has 1 aromatic heterocycles. The van der Waals surface area contributed by atoms with Gasteiger partial charge in [-0.05, 0) is 23.9 Å². The van der Waals surface area contributed by atoms with Crippen molar-refractivity contribution in [3.05, 3.63) is 58.3 Å². The first-order chi connectivity index (χ1) is 10.6. The number of carbonyl (C=O) groups is 2. The summed E-state index contributed by atoms with van der Waals surface area (Å²) in [4.78, 5) is 24.2. The van der Waals surface area contributed by atoms with E-state index in [9.17, 15) is 9.59 Å². The summed E-state index contributed by atoms with van der Waals surface area (Å²) in [5, 5.41) is 7.45. The second kappa shape index (κ2) is 7.61. The van der Waals surface area contributed by atoms with Crippen molar-refractivity contribution in [3.8, 4) is 0 Å². The number of carbonyl (C=O) groups excluding carboxylic acids is 2. The standard InChI is InChI=1S/C16H19N3O2S/c1-11(12-6-3-2-4-7-12)18-15(20)10-13(19-16(17)21)14-8-5-9-22-14/h2-9,11,13H,10H2,1H3,(H,18,20)(H3,17,19,21)/t11-,13-/m1/s1. The van der Waals surface area contributed by atoms with Gasteiger partial charge in [-0.2, -0.15) is 0 Å². The number of amides is 3. The Bertz CT molecular complexity index is 614. The van der Waals surface area contributed by atoms with Crippen LogP contribution in [-0.2, 0) is 4.79 Å². The molecule has 1 aromatic carbocycles. The first-order valence-electron chi connectivity index (χ1n) is 7.00. The summed E-state index contributed by atoms with van der Waals surface area (Å²) < 4.78 is 0. The average Bonchev–Trinajstić information content (AvgIpc) is 3.01. The fraction of sp³-hybridized carbons (Fsp3) is 0.250. The molecule has 0 aliphatic carbocycles. The number of thiophene rings is 1. The summed E-state index contributed by atoms with van der Waals surface area (Å²) in [6.45, 7) is 1.93. The summed E-state index contributed by atoms with van der Waals surface area (Å²) >= 11 is 1.48. The first kappa shape index (κ1) is 16.0. The number of nitrogens with one attached hydrogen (secondary N) is 2. The molecule has 0 radical (unpaired) electrons. The lowest BCUT2D eigenvalue weighted by Crippen LogP contribution is -2.36. The van der Waals surface area contributed by atoms with Crippen LogP contribution in [0.15, 0.2) is 47.8 Å². The van der Waals surface area contributed by atoms with Gasteiger partial charge in [0.1, 0.15) is 0 Å². The molecule has 0 fully saturated rings. The van der Waals surface area contributed by atoms with E-state index in [1.54, 1.807) is 0 Å². The monoisotopic (exact) mass is 317 g/mol. The molecular weight excluding hydrogens is 298 g/mol. The molecule has 0 bridgehead atoms. The lowest BCUT2D eigenvalue weighted by Gasteiger charge is -2.19. The molecule has 1 heterocycles. The molecule has 0 saturated carbocycles. The van der Waals surface area contributed by atoms with Crippen molar-refractivity contribution >= 4 is 23.3 Å². The average molecular weight is 317 g/mol. The normalized spacial score (nSPS) is 13.1. The highest BCUT2D eigenvalue weighted by molar-refractivity contribution is 7.10. The third-order valence-electron chi connectivity index (χ3n) is 3.27. The van der Waals surface area contributed by atoms with Crippen LogP contribution in [0, 0.1) is 0 Å². The molecule has 2 atom stereocenters. The number of urea groups is 1. The van der Waals surface area contributed by atoms with Crippen LogP contribution >= 0.6 is 11.3 Å². The van der Waals surface area contributed by atoms with Crippen molar-refractivity contribution in [1.82, 2.24) is 10.6 Å². The maximum Gasteiger partial charge on any atom is 0.312 e. The summed E-state index contributed by atoms with van der Waals surface area (Å²) in [7, 11) is 0. The zero-order valence-electron chi connectivity index (χ0n) is 12.3. The van der Waals surface area contributed by atoms with E-state index < -0.39 is 12.1 Å². The van der Waals surface area contributed by atoms with Crippen LogP contribution in [0.1, 0.15) is 35.9 Å². The zero-order chi connectivity index (χ0) is 15.9. The van der Waals surface area contributed by atoms with E-state index in [4.69, 9.17) is 5.73 Å². The number of hydrogen-bond acceptors (Lipinski definition) is 3. The van der Waals surface area contributed by atoms with Crippen molar-refractivity contribution < 1.29 is 9.59 Å². The van der Waals surface area contributed by atoms with Gasteiger partial charge in [0.15, 0.2) is 0 Å². The number of rotatable bonds is 6. The molecule has 2 aromatic rings. The van der Waals surface area contributed by atoms with E-state index in [0.717, 1.165) is 10.4 Å². The second-order valence-corrected chi connectivity index (χ2v) is 5.96. The highest BCUT2D eigenvalue weighted by Gasteiger charge is 2.19. The number of primary amides is 1. The molecule has 0 saturated heterocycles. The molecule has 2 rings (SSSR count). The van der Waals surface area contributed by atoms with Gasteiger partial charge in [-0.3, -0.25) is 4.79 Å². The maximum absolute atomic E-state index is 12.2. The molecule has 4 N–H and O–H groups in total. The topological polar surface area (TPSA) is 84.2 Å². The highest BCUT2D eigenvalue weighted by atomic mass is 32.1. The Labute approximate surface area is 133 Å². The predicted molar refractivity (Wildman–Crippen MR) is 87.4 cm³/mol. The van der Waals surface area contributed by atoms with Gasteiger partial charge in [0.05, 0.1) is 18.5 Å². The van der Waals surface area contributed by atoms with Crippen molar-refractivity contribution in [3.63, 3.8) is 0 Å². The summed E-state index contributed by atoms with van der Waals surface area (Å²) in [6, 6.07) is 12.3. The van der Waals surface area contributed by atoms with E-state index in [2.05, 4.69) is 10.6 Å². The number of hydrogen-bond donors (Lipinski definition) is 3. The Balaban J connectivity index is 1.98. The van der Waals surface area contributed by atoms with E-state index >= 15 is 0 Å². The minimum Gasteiger partial charge on any atom is -0.352 e. The van der Waals surface area contributed by atoms with Gasteiger partial charge in [0, 0.05) is 4.88 Å². The fourth-order valence-electron chi connectivity index (χ4n) is 2.19. The molecule has 0 unspecified atom stereocenters. The Kier molecular flexibility index (Phi) is 5.55. The molecule has 3 amide bonds. The van der Waals surface area contributed by atoms with Crippen LogP contribution < -0.4 is 16.4 Å². The number of benzene rings is 1. The highest BCUT2D eigenvalue weighted by Crippen LogP contribution is 2.22. The van der Waals surface area contributed by atoms with Crippen LogP contribution in [0.3, 0.4) is 0 Å². The third kappa shape index (κ3) is 4.60. The van der Waals surface area contributed by atoms with Crippen LogP contribution in [0.2, 0.25) is 0 Å². The molecule has 116 valence electrons. The van der Waals surface area contributed by atoms with E-state index in [-0.39, 0.29) is 18.4 Å². The molecule has 6 heteroatoms. The van der Waals surface area contributed by atoms with Crippen molar-refractivity contribution in [2.45, 2.75) is 25.4 Å². The van der Waals surface area contributed by atoms with Crippen molar-refractivity contribution in [2.24, 2.45) is 5.73 Å². The molecule has 5 nitrogen and oxygen atoms in total. The first-order valence-corrected chi connectivity index (χ1v) is 7.88. The molecule has 22 heavy (non-hydrogen) atoms. The minimum absolute atomic E-state index is 0.0914. The van der Waals surface area contributed by atoms with Gasteiger partial charge in [-0.15, -0.1) is 11.3 Å². The zero-order valence-corrected chi connectivity index (χ0v) is 13.1. The van der Waals surface area contributed by atoms with E-state index in [1.807, 2.05) is 54.8 Å². The van der Waals surface area contributed by atoms with E-state index in [1.165, 1.54) is 11.3 Å². The van der Waals surface area contributed by atoms with Gasteiger partial charge in [-0.1, -0.05) is 36.4 Å². The van der Waals surface area contributed by atoms with Gasteiger partial charge in [0.2, 0.25) is 5.91 Å². The van der Waals surface area contributed by atoms with E-state index in [0.29, 0.717) is 0 Å². The minimum atomic E-state index is -0.637. The quantitative estimate of drug-likeness (QED) is 0.765. The van der Waals surface area contributed by atoms with Crippen LogP contribution in [0.5, 0.6) is 0 Å². The van der Waals surface area contributed by atoms with Crippen molar-refractivity contribution in [2.75, 3.05) is 0 Å². The SMILES string of the molecule is C[C@@H](NC(=O)C[C@@H](NC(N)=O)c1cccs1)c1ccccc1. The second-order valence-electron chi connectivity index (χ2n) is 4.98. The lowest BCUT2D eigenvalue weighted by atomic mass is 10.1. The Morgan fingerprint density at radius 2 is 1.86 bits per heavy atom. The predicted octanol–water partition coefficient (Wildman–Crippen LogP) is 2.73. The molecular formula is C16H19N3O2S. The van der Waals surface area contributed by atoms with Crippen LogP contribution in [0.25, 0.3) is 0 Å². The number of nitrogens with two attached hydrogens (primary N) is 1. The smallest absolute Gasteiger partial charge is 0.312 e. The van der Waals surface area contributed by atoms with Crippen molar-refractivity contribution in [1.29, 1.82) is 0 Å². The van der Waals surface area contributed by atoms with Gasteiger partial charge >= 0.3 is 6.03 Å². The molecule has 0 spiro atoms. The summed E-state index contributed by atoms with van der Waals surface area (Å²) in [5.74, 6) is -0.136. The Morgan fingerprint density at radius 1 is 1.14 bits per heavy atom. The third-order valence-corrected chi connectivity index (χ3v) is 4.26. The maximum atomic E-state index is 12.2. The van der Waals surface area contributed by atoms with Gasteiger partial charge in [0.25, 0.3) is 0 Å². The van der Waals surface area contributed by atoms with Crippen LogP contribution in [0.4, 0.5) is 4.79 Å². The van der Waals surface area contributed by atoms with Gasteiger partial charge in [-0.25, -0.2) is 4.79 Å². The van der Waals surface area contributed by atoms with Crippen LogP contribution in [-0.4, -0.2) is 11.9 Å².